The normalized spacial score (nSPS) is 11.4. The van der Waals surface area contributed by atoms with Gasteiger partial charge in [0.15, 0.2) is 11.7 Å². The average Bonchev–Trinajstić information content (AvgIpc) is 3.07. The lowest BCUT2D eigenvalue weighted by molar-refractivity contribution is -0.566. The first-order valence-electron chi connectivity index (χ1n) is 14.9. The smallest absolute Gasteiger partial charge is 0.252 e. The van der Waals surface area contributed by atoms with Crippen LogP contribution in [0.1, 0.15) is 22.5 Å². The van der Waals surface area contributed by atoms with E-state index in [-0.39, 0.29) is 0 Å². The van der Waals surface area contributed by atoms with Crippen molar-refractivity contribution in [2.24, 2.45) is 0 Å². The minimum atomic E-state index is 0.608. The molecule has 0 radical (unpaired) electrons. The van der Waals surface area contributed by atoms with Crippen molar-refractivity contribution in [3.63, 3.8) is 0 Å². The zero-order chi connectivity index (χ0) is 30.3. The largest absolute Gasteiger partial charge is 0.256 e. The van der Waals surface area contributed by atoms with E-state index >= 15 is 0 Å². The summed E-state index contributed by atoms with van der Waals surface area (Å²) in [6.45, 7) is 4.04. The number of rotatable bonds is 5. The van der Waals surface area contributed by atoms with Crippen LogP contribution in [0.2, 0.25) is 0 Å². The molecule has 7 heteroatoms. The molecule has 0 N–H and O–H groups in total. The first-order valence-corrected chi connectivity index (χ1v) is 14.9. The second-order valence-corrected chi connectivity index (χ2v) is 11.3. The Balaban J connectivity index is 1.25. The van der Waals surface area contributed by atoms with Crippen LogP contribution in [0.4, 0.5) is 0 Å². The van der Waals surface area contributed by atoms with Crippen molar-refractivity contribution in [3.05, 3.63) is 144 Å². The summed E-state index contributed by atoms with van der Waals surface area (Å²) in [4.78, 5) is 29.3. The highest BCUT2D eigenvalue weighted by Gasteiger charge is 2.21. The maximum atomic E-state index is 5.14. The Morgan fingerprint density at radius 1 is 0.622 bits per heavy atom. The van der Waals surface area contributed by atoms with Crippen LogP contribution in [0, 0.1) is 13.8 Å². The van der Waals surface area contributed by atoms with Gasteiger partial charge in [-0.1, -0.05) is 60.7 Å². The third-order valence-electron chi connectivity index (χ3n) is 7.94. The Morgan fingerprint density at radius 2 is 1.44 bits per heavy atom. The molecule has 4 heterocycles. The van der Waals surface area contributed by atoms with Gasteiger partial charge in [0.2, 0.25) is 11.3 Å². The summed E-state index contributed by atoms with van der Waals surface area (Å²) in [5.74, 6) is 0. The van der Waals surface area contributed by atoms with Crippen molar-refractivity contribution in [2.75, 3.05) is 0 Å². The molecule has 4 aromatic heterocycles. The lowest BCUT2D eigenvalue weighted by Gasteiger charge is -2.12. The van der Waals surface area contributed by atoms with Crippen LogP contribution in [0.15, 0.2) is 122 Å². The zero-order valence-electron chi connectivity index (χ0n) is 24.9. The number of fused-ring (bicyclic) bond motifs is 3. The summed E-state index contributed by atoms with van der Waals surface area (Å²) in [5.41, 5.74) is 13.7. The van der Waals surface area contributed by atoms with E-state index < -0.39 is 0 Å². The van der Waals surface area contributed by atoms with Crippen molar-refractivity contribution in [3.8, 4) is 28.2 Å². The number of benzene rings is 4. The molecule has 8 aromatic rings. The van der Waals surface area contributed by atoms with E-state index in [4.69, 9.17) is 19.9 Å². The van der Waals surface area contributed by atoms with Gasteiger partial charge in [0.25, 0.3) is 5.52 Å². The van der Waals surface area contributed by atoms with Crippen molar-refractivity contribution >= 4 is 33.2 Å². The minimum Gasteiger partial charge on any atom is -0.252 e. The average molecular weight is 583 g/mol. The number of hydrogen-bond donors (Lipinski definition) is 0. The van der Waals surface area contributed by atoms with Gasteiger partial charge in [-0.15, -0.1) is 0 Å². The first-order chi connectivity index (χ1) is 22.1. The Bertz CT molecular complexity index is 2390. The van der Waals surface area contributed by atoms with E-state index in [1.807, 2.05) is 55.5 Å². The van der Waals surface area contributed by atoms with Gasteiger partial charge >= 0.3 is 0 Å². The molecule has 4 aromatic carbocycles. The molecule has 0 atom stereocenters. The maximum Gasteiger partial charge on any atom is 0.256 e. The topological polar surface area (TPSA) is 81.2 Å². The van der Waals surface area contributed by atoms with E-state index in [9.17, 15) is 0 Å². The number of nitrogens with zero attached hydrogens (tertiary/aromatic N) is 7. The molecule has 0 aliphatic heterocycles. The van der Waals surface area contributed by atoms with E-state index in [1.54, 1.807) is 12.4 Å². The van der Waals surface area contributed by atoms with Gasteiger partial charge < -0.3 is 0 Å². The molecular formula is C38H28N7+. The van der Waals surface area contributed by atoms with Crippen LogP contribution in [0.3, 0.4) is 0 Å². The molecule has 0 bridgehead atoms. The van der Waals surface area contributed by atoms with Crippen LogP contribution < -0.4 is 4.57 Å². The minimum absolute atomic E-state index is 0.608. The quantitative estimate of drug-likeness (QED) is 0.198. The molecule has 0 saturated heterocycles. The van der Waals surface area contributed by atoms with Crippen LogP contribution in [-0.2, 0) is 6.42 Å². The molecule has 0 aliphatic rings. The molecule has 8 rings (SSSR count). The van der Waals surface area contributed by atoms with Crippen LogP contribution in [0.5, 0.6) is 0 Å². The summed E-state index contributed by atoms with van der Waals surface area (Å²) in [7, 11) is 0. The Hall–Kier alpha value is -5.95. The molecule has 0 saturated carbocycles. The highest BCUT2D eigenvalue weighted by molar-refractivity contribution is 5.86. The van der Waals surface area contributed by atoms with Crippen molar-refractivity contribution in [2.45, 2.75) is 20.3 Å². The molecule has 214 valence electrons. The second kappa shape index (κ2) is 11.0. The Morgan fingerprint density at radius 3 is 2.36 bits per heavy atom. The second-order valence-electron chi connectivity index (χ2n) is 11.3. The standard InChI is InChI=1S/C38H28N7/c1-24-16-17-30-32(19-24)44-35(27-10-4-3-5-11-27)36(43-30)28-12-6-9-26(20-28)21-29-23-45(34-15-8-18-39-38(34)42-29)33-14-7-13-31-37(33)41-25(2)22-40-31/h3-20,22-23H,21H2,1-2H3/q+1. The highest BCUT2D eigenvalue weighted by Crippen LogP contribution is 2.32. The molecule has 0 fully saturated rings. The van der Waals surface area contributed by atoms with Gasteiger partial charge in [-0.05, 0) is 55.3 Å². The number of pyridine rings is 1. The van der Waals surface area contributed by atoms with E-state index in [0.717, 1.165) is 78.3 Å². The fourth-order valence-corrected chi connectivity index (χ4v) is 5.83. The SMILES string of the molecule is Cc1ccc2nc(-c3cccc(Cc4c[n+](-c5cccc6ncc(C)nc56)c5cccnc5n4)c3)c(-c3ccccc3)nc2c1. The molecule has 0 unspecified atom stereocenters. The van der Waals surface area contributed by atoms with Gasteiger partial charge in [0, 0.05) is 42.1 Å². The predicted molar refractivity (Wildman–Crippen MR) is 177 cm³/mol. The molecule has 7 nitrogen and oxygen atoms in total. The van der Waals surface area contributed by atoms with Crippen molar-refractivity contribution < 1.29 is 4.57 Å². The highest BCUT2D eigenvalue weighted by atomic mass is 15.0. The summed E-state index contributed by atoms with van der Waals surface area (Å²) in [6, 6.07) is 35.0. The Kier molecular flexibility index (Phi) is 6.49. The lowest BCUT2D eigenvalue weighted by atomic mass is 10.00. The van der Waals surface area contributed by atoms with Crippen molar-refractivity contribution in [1.82, 2.24) is 29.9 Å². The lowest BCUT2D eigenvalue weighted by Crippen LogP contribution is -2.33. The third kappa shape index (κ3) is 5.04. The fourth-order valence-electron chi connectivity index (χ4n) is 5.83. The van der Waals surface area contributed by atoms with Crippen LogP contribution in [-0.4, -0.2) is 29.9 Å². The summed E-state index contributed by atoms with van der Waals surface area (Å²) >= 11 is 0. The zero-order valence-corrected chi connectivity index (χ0v) is 24.9. The Labute approximate surface area is 260 Å². The van der Waals surface area contributed by atoms with E-state index in [2.05, 4.69) is 82.3 Å². The molecule has 45 heavy (non-hydrogen) atoms. The molecular weight excluding hydrogens is 554 g/mol. The van der Waals surface area contributed by atoms with Gasteiger partial charge in [0.1, 0.15) is 5.69 Å². The third-order valence-corrected chi connectivity index (χ3v) is 7.94. The molecule has 0 spiro atoms. The van der Waals surface area contributed by atoms with Gasteiger partial charge in [-0.2, -0.15) is 4.57 Å². The van der Waals surface area contributed by atoms with Crippen LogP contribution in [0.25, 0.3) is 61.4 Å². The van der Waals surface area contributed by atoms with E-state index in [0.29, 0.717) is 12.1 Å². The monoisotopic (exact) mass is 582 g/mol. The maximum absolute atomic E-state index is 5.14. The predicted octanol–water partition coefficient (Wildman–Crippen LogP) is 7.33. The number of aromatic nitrogens is 7. The summed E-state index contributed by atoms with van der Waals surface area (Å²) in [5, 5.41) is 0. The van der Waals surface area contributed by atoms with Crippen molar-refractivity contribution in [1.29, 1.82) is 0 Å². The summed E-state index contributed by atoms with van der Waals surface area (Å²) < 4.78 is 2.13. The summed E-state index contributed by atoms with van der Waals surface area (Å²) in [6.07, 6.45) is 6.27. The fraction of sp³-hybridized carbons (Fsp3) is 0.0789. The number of para-hydroxylation sites is 1. The first kappa shape index (κ1) is 26.7. The number of aryl methyl sites for hydroxylation is 2. The van der Waals surface area contributed by atoms with Gasteiger partial charge in [-0.3, -0.25) is 4.98 Å². The van der Waals surface area contributed by atoms with Gasteiger partial charge in [0.05, 0.1) is 33.6 Å². The van der Waals surface area contributed by atoms with Crippen LogP contribution >= 0.6 is 0 Å². The van der Waals surface area contributed by atoms with Gasteiger partial charge in [-0.25, -0.2) is 24.9 Å². The molecule has 0 amide bonds. The number of hydrogen-bond acceptors (Lipinski definition) is 6. The molecule has 0 aliphatic carbocycles. The van der Waals surface area contributed by atoms with E-state index in [1.165, 1.54) is 0 Å².